The lowest BCUT2D eigenvalue weighted by Gasteiger charge is -2.12. The van der Waals surface area contributed by atoms with Crippen LogP contribution in [0, 0.1) is 0 Å². The first kappa shape index (κ1) is 15.6. The molecule has 0 spiro atoms. The van der Waals surface area contributed by atoms with Crippen molar-refractivity contribution in [2.75, 3.05) is 6.26 Å². The molecule has 2 aromatic rings. The number of aryl methyl sites for hydroxylation is 1. The number of hydrogen-bond donors (Lipinski definition) is 1. The summed E-state index contributed by atoms with van der Waals surface area (Å²) in [4.78, 5) is 19.7. The molecule has 1 N–H and O–H groups in total. The van der Waals surface area contributed by atoms with Crippen LogP contribution in [0.5, 0.6) is 0 Å². The predicted octanol–water partition coefficient (Wildman–Crippen LogP) is 3.36. The second-order valence-electron chi connectivity index (χ2n) is 6.04. The van der Waals surface area contributed by atoms with E-state index in [-0.39, 0.29) is 5.56 Å². The fourth-order valence-electron chi connectivity index (χ4n) is 3.25. The maximum Gasteiger partial charge on any atom is 0.255 e. The Morgan fingerprint density at radius 3 is 2.32 bits per heavy atom. The number of fused-ring (bicyclic) bond motifs is 3. The van der Waals surface area contributed by atoms with E-state index in [1.54, 1.807) is 0 Å². The summed E-state index contributed by atoms with van der Waals surface area (Å²) in [5.74, 6) is 0.584. The van der Waals surface area contributed by atoms with Crippen LogP contribution in [0.1, 0.15) is 62.6 Å². The number of aromatic amines is 1. The number of aromatic nitrogens is 4. The minimum absolute atomic E-state index is 0.0274. The van der Waals surface area contributed by atoms with E-state index < -0.39 is 0 Å². The van der Waals surface area contributed by atoms with Crippen LogP contribution in [0.15, 0.2) is 9.95 Å². The van der Waals surface area contributed by atoms with Crippen molar-refractivity contribution in [3.63, 3.8) is 0 Å². The number of nitrogens with zero attached hydrogens (tertiary/aromatic N) is 3. The highest BCUT2D eigenvalue weighted by atomic mass is 32.2. The second kappa shape index (κ2) is 7.31. The molecule has 0 aromatic carbocycles. The highest BCUT2D eigenvalue weighted by Crippen LogP contribution is 2.18. The Bertz CT molecular complexity index is 691. The van der Waals surface area contributed by atoms with Crippen LogP contribution in [0.25, 0.3) is 5.78 Å². The molecule has 0 saturated heterocycles. The molecule has 1 aliphatic carbocycles. The average molecular weight is 320 g/mol. The summed E-state index contributed by atoms with van der Waals surface area (Å²) in [7, 11) is 0. The molecular weight excluding hydrogens is 296 g/mol. The average Bonchev–Trinajstić information content (AvgIpc) is 2.91. The highest BCUT2D eigenvalue weighted by Gasteiger charge is 2.16. The third-order valence-electron chi connectivity index (χ3n) is 4.46. The fraction of sp³-hybridized carbons (Fsp3) is 0.688. The molecule has 0 fully saturated rings. The lowest BCUT2D eigenvalue weighted by atomic mass is 9.99. The van der Waals surface area contributed by atoms with Gasteiger partial charge in [0.2, 0.25) is 10.9 Å². The van der Waals surface area contributed by atoms with Crippen LogP contribution >= 0.6 is 11.8 Å². The second-order valence-corrected chi connectivity index (χ2v) is 6.82. The molecule has 0 aliphatic heterocycles. The summed E-state index contributed by atoms with van der Waals surface area (Å²) >= 11 is 1.51. The van der Waals surface area contributed by atoms with E-state index >= 15 is 0 Å². The van der Waals surface area contributed by atoms with Crippen LogP contribution < -0.4 is 5.56 Å². The van der Waals surface area contributed by atoms with Gasteiger partial charge in [-0.1, -0.05) is 50.3 Å². The van der Waals surface area contributed by atoms with Gasteiger partial charge in [0.05, 0.1) is 5.69 Å². The summed E-state index contributed by atoms with van der Waals surface area (Å²) < 4.78 is 1.87. The molecule has 120 valence electrons. The van der Waals surface area contributed by atoms with Gasteiger partial charge in [-0.25, -0.2) is 4.52 Å². The van der Waals surface area contributed by atoms with Crippen molar-refractivity contribution in [3.05, 3.63) is 21.6 Å². The highest BCUT2D eigenvalue weighted by molar-refractivity contribution is 7.98. The van der Waals surface area contributed by atoms with Crippen molar-refractivity contribution in [1.29, 1.82) is 0 Å². The van der Waals surface area contributed by atoms with E-state index in [1.165, 1.54) is 50.3 Å². The summed E-state index contributed by atoms with van der Waals surface area (Å²) in [5, 5.41) is 5.27. The molecule has 2 heterocycles. The normalized spacial score (nSPS) is 17.7. The van der Waals surface area contributed by atoms with Gasteiger partial charge in [0, 0.05) is 5.56 Å². The van der Waals surface area contributed by atoms with Crippen LogP contribution in [0.2, 0.25) is 0 Å². The Morgan fingerprint density at radius 2 is 1.64 bits per heavy atom. The van der Waals surface area contributed by atoms with Crippen LogP contribution in [0.4, 0.5) is 0 Å². The molecule has 0 saturated carbocycles. The minimum Gasteiger partial charge on any atom is -0.290 e. The van der Waals surface area contributed by atoms with Crippen molar-refractivity contribution in [2.45, 2.75) is 69.4 Å². The Hall–Kier alpha value is -1.30. The standard InChI is InChI=1S/C16H24N4OS/c1-22-16-18-15-17-14(21)12-10-8-6-4-2-3-5-7-9-11-13(12)20(15)19-16/h2-11H2,1H3,(H,17,18,19,21). The zero-order valence-corrected chi connectivity index (χ0v) is 14.0. The summed E-state index contributed by atoms with van der Waals surface area (Å²) in [6.07, 6.45) is 13.7. The van der Waals surface area contributed by atoms with Gasteiger partial charge in [-0.15, -0.1) is 5.10 Å². The van der Waals surface area contributed by atoms with Gasteiger partial charge in [0.1, 0.15) is 0 Å². The Morgan fingerprint density at radius 1 is 1.00 bits per heavy atom. The molecule has 6 heteroatoms. The van der Waals surface area contributed by atoms with E-state index in [9.17, 15) is 4.79 Å². The lowest BCUT2D eigenvalue weighted by molar-refractivity contribution is 0.551. The number of rotatable bonds is 1. The molecule has 0 bridgehead atoms. The molecule has 3 rings (SSSR count). The lowest BCUT2D eigenvalue weighted by Crippen LogP contribution is -2.20. The first-order chi connectivity index (χ1) is 10.8. The topological polar surface area (TPSA) is 63.0 Å². The maximum absolute atomic E-state index is 12.4. The number of thioether (sulfide) groups is 1. The van der Waals surface area contributed by atoms with Gasteiger partial charge in [-0.2, -0.15) is 4.98 Å². The van der Waals surface area contributed by atoms with E-state index in [4.69, 9.17) is 0 Å². The van der Waals surface area contributed by atoms with Crippen LogP contribution in [-0.2, 0) is 12.8 Å². The molecule has 2 aromatic heterocycles. The first-order valence-electron chi connectivity index (χ1n) is 8.34. The largest absolute Gasteiger partial charge is 0.290 e. The molecule has 22 heavy (non-hydrogen) atoms. The third-order valence-corrected chi connectivity index (χ3v) is 5.00. The van der Waals surface area contributed by atoms with Crippen LogP contribution in [0.3, 0.4) is 0 Å². The molecule has 0 amide bonds. The van der Waals surface area contributed by atoms with E-state index in [2.05, 4.69) is 15.1 Å². The van der Waals surface area contributed by atoms with Crippen molar-refractivity contribution < 1.29 is 0 Å². The Kier molecular flexibility index (Phi) is 5.18. The van der Waals surface area contributed by atoms with Crippen molar-refractivity contribution in [3.8, 4) is 0 Å². The Balaban J connectivity index is 2.01. The maximum atomic E-state index is 12.4. The van der Waals surface area contributed by atoms with E-state index in [0.717, 1.165) is 42.1 Å². The molecule has 5 nitrogen and oxygen atoms in total. The summed E-state index contributed by atoms with van der Waals surface area (Å²) in [5.41, 5.74) is 2.03. The molecule has 0 atom stereocenters. The first-order valence-corrected chi connectivity index (χ1v) is 9.57. The Labute approximate surface area is 134 Å². The monoisotopic (exact) mass is 320 g/mol. The zero-order valence-electron chi connectivity index (χ0n) is 13.2. The summed E-state index contributed by atoms with van der Waals surface area (Å²) in [6.45, 7) is 0. The van der Waals surface area contributed by atoms with E-state index in [0.29, 0.717) is 5.78 Å². The summed E-state index contributed by atoms with van der Waals surface area (Å²) in [6, 6.07) is 0. The number of H-pyrrole nitrogens is 1. The van der Waals surface area contributed by atoms with Crippen molar-refractivity contribution in [1.82, 2.24) is 19.6 Å². The number of hydrogen-bond acceptors (Lipinski definition) is 4. The van der Waals surface area contributed by atoms with Gasteiger partial charge in [-0.3, -0.25) is 9.78 Å². The molecule has 0 unspecified atom stereocenters. The zero-order chi connectivity index (χ0) is 15.4. The third kappa shape index (κ3) is 3.37. The van der Waals surface area contributed by atoms with Crippen LogP contribution in [-0.4, -0.2) is 25.8 Å². The van der Waals surface area contributed by atoms with Gasteiger partial charge in [-0.05, 0) is 31.9 Å². The number of nitrogens with one attached hydrogen (secondary N) is 1. The molecule has 0 radical (unpaired) electrons. The predicted molar refractivity (Wildman–Crippen MR) is 89.7 cm³/mol. The van der Waals surface area contributed by atoms with E-state index in [1.807, 2.05) is 10.8 Å². The van der Waals surface area contributed by atoms with Gasteiger partial charge < -0.3 is 0 Å². The quantitative estimate of drug-likeness (QED) is 0.818. The fourth-order valence-corrected chi connectivity index (χ4v) is 3.60. The van der Waals surface area contributed by atoms with Gasteiger partial charge in [0.25, 0.3) is 5.56 Å². The van der Waals surface area contributed by atoms with Crippen molar-refractivity contribution >= 4 is 17.5 Å². The smallest absolute Gasteiger partial charge is 0.255 e. The SMILES string of the molecule is CSc1nc2[nH]c(=O)c3c(n2n1)CCCCCCCCCC3. The molecule has 1 aliphatic rings. The van der Waals surface area contributed by atoms with Gasteiger partial charge in [0.15, 0.2) is 0 Å². The molecular formula is C16H24N4OS. The minimum atomic E-state index is 0.0274. The van der Waals surface area contributed by atoms with Gasteiger partial charge >= 0.3 is 0 Å². The van der Waals surface area contributed by atoms with Crippen molar-refractivity contribution in [2.24, 2.45) is 0 Å².